The third-order valence-electron chi connectivity index (χ3n) is 1.85. The monoisotopic (exact) mass is 224 g/mol. The highest BCUT2D eigenvalue weighted by atomic mass is 35.5. The van der Waals surface area contributed by atoms with Crippen LogP contribution in [-0.4, -0.2) is 12.6 Å². The van der Waals surface area contributed by atoms with Crippen molar-refractivity contribution in [3.63, 3.8) is 0 Å². The van der Waals surface area contributed by atoms with E-state index >= 15 is 0 Å². The zero-order valence-corrected chi connectivity index (χ0v) is 9.29. The van der Waals surface area contributed by atoms with Gasteiger partial charge in [0, 0.05) is 6.04 Å². The Morgan fingerprint density at radius 3 is 2.87 bits per heavy atom. The van der Waals surface area contributed by atoms with Gasteiger partial charge in [0.15, 0.2) is 6.61 Å². The van der Waals surface area contributed by atoms with E-state index in [0.29, 0.717) is 10.8 Å². The van der Waals surface area contributed by atoms with E-state index < -0.39 is 0 Å². The Labute approximate surface area is 94.4 Å². The SMILES string of the molecule is CC(N)Cc1ccc(OCC#N)c(Cl)c1. The number of halogens is 1. The van der Waals surface area contributed by atoms with Crippen molar-refractivity contribution < 1.29 is 4.74 Å². The summed E-state index contributed by atoms with van der Waals surface area (Å²) >= 11 is 5.97. The average Bonchev–Trinajstić information content (AvgIpc) is 2.15. The summed E-state index contributed by atoms with van der Waals surface area (Å²) in [5.41, 5.74) is 6.74. The molecule has 0 saturated carbocycles. The first-order valence-corrected chi connectivity index (χ1v) is 5.05. The van der Waals surface area contributed by atoms with Crippen molar-refractivity contribution in [3.8, 4) is 11.8 Å². The summed E-state index contributed by atoms with van der Waals surface area (Å²) in [4.78, 5) is 0. The lowest BCUT2D eigenvalue weighted by molar-refractivity contribution is 0.368. The summed E-state index contributed by atoms with van der Waals surface area (Å²) in [5.74, 6) is 0.534. The van der Waals surface area contributed by atoms with Crippen LogP contribution in [-0.2, 0) is 6.42 Å². The van der Waals surface area contributed by atoms with E-state index in [-0.39, 0.29) is 12.6 Å². The third-order valence-corrected chi connectivity index (χ3v) is 2.14. The Morgan fingerprint density at radius 2 is 2.33 bits per heavy atom. The van der Waals surface area contributed by atoms with Crippen molar-refractivity contribution in [2.45, 2.75) is 19.4 Å². The normalized spacial score (nSPS) is 11.9. The lowest BCUT2D eigenvalue weighted by Gasteiger charge is -2.08. The van der Waals surface area contributed by atoms with Gasteiger partial charge in [-0.05, 0) is 31.0 Å². The second kappa shape index (κ2) is 5.59. The molecule has 15 heavy (non-hydrogen) atoms. The summed E-state index contributed by atoms with van der Waals surface area (Å²) in [5, 5.41) is 8.87. The number of nitrogens with zero attached hydrogens (tertiary/aromatic N) is 1. The van der Waals surface area contributed by atoms with Crippen molar-refractivity contribution >= 4 is 11.6 Å². The Morgan fingerprint density at radius 1 is 1.60 bits per heavy atom. The molecule has 0 aliphatic carbocycles. The summed E-state index contributed by atoms with van der Waals surface area (Å²) < 4.78 is 5.12. The first kappa shape index (κ1) is 11.8. The Hall–Kier alpha value is -1.24. The van der Waals surface area contributed by atoms with Crippen molar-refractivity contribution in [2.24, 2.45) is 5.73 Å². The molecule has 0 heterocycles. The summed E-state index contributed by atoms with van der Waals surface area (Å²) in [6, 6.07) is 7.48. The standard InChI is InChI=1S/C11H13ClN2O/c1-8(14)6-9-2-3-11(10(12)7-9)15-5-4-13/h2-3,7-8H,5-6,14H2,1H3. The maximum atomic E-state index is 8.36. The van der Waals surface area contributed by atoms with E-state index in [1.54, 1.807) is 6.07 Å². The summed E-state index contributed by atoms with van der Waals surface area (Å²) in [6.45, 7) is 1.94. The molecule has 0 amide bonds. The molecule has 3 nitrogen and oxygen atoms in total. The number of hydrogen-bond acceptors (Lipinski definition) is 3. The average molecular weight is 225 g/mol. The predicted octanol–water partition coefficient (Wildman–Crippen LogP) is 2.13. The van der Waals surface area contributed by atoms with Crippen LogP contribution in [0.4, 0.5) is 0 Å². The minimum atomic E-state index is 0.00631. The molecule has 2 N–H and O–H groups in total. The molecule has 0 aliphatic heterocycles. The highest BCUT2D eigenvalue weighted by Crippen LogP contribution is 2.25. The van der Waals surface area contributed by atoms with E-state index in [0.717, 1.165) is 12.0 Å². The zero-order chi connectivity index (χ0) is 11.3. The fourth-order valence-corrected chi connectivity index (χ4v) is 1.53. The van der Waals surface area contributed by atoms with Gasteiger partial charge in [0.1, 0.15) is 11.8 Å². The van der Waals surface area contributed by atoms with Gasteiger partial charge in [0.25, 0.3) is 0 Å². The zero-order valence-electron chi connectivity index (χ0n) is 8.53. The van der Waals surface area contributed by atoms with Crippen molar-refractivity contribution in [3.05, 3.63) is 28.8 Å². The number of hydrogen-bond donors (Lipinski definition) is 1. The Kier molecular flexibility index (Phi) is 4.41. The highest BCUT2D eigenvalue weighted by molar-refractivity contribution is 6.32. The van der Waals surface area contributed by atoms with Gasteiger partial charge in [0.2, 0.25) is 0 Å². The first-order valence-electron chi connectivity index (χ1n) is 4.67. The minimum Gasteiger partial charge on any atom is -0.477 e. The maximum Gasteiger partial charge on any atom is 0.174 e. The second-order valence-electron chi connectivity index (χ2n) is 3.39. The molecule has 80 valence electrons. The molecule has 0 aromatic heterocycles. The molecule has 1 aromatic rings. The molecule has 0 bridgehead atoms. The van der Waals surface area contributed by atoms with E-state index in [1.807, 2.05) is 25.1 Å². The number of nitrogens with two attached hydrogens (primary N) is 1. The minimum absolute atomic E-state index is 0.00631. The molecule has 0 radical (unpaired) electrons. The molecule has 1 aromatic carbocycles. The second-order valence-corrected chi connectivity index (χ2v) is 3.80. The number of nitriles is 1. The van der Waals surface area contributed by atoms with Crippen LogP contribution in [0.1, 0.15) is 12.5 Å². The molecule has 0 spiro atoms. The van der Waals surface area contributed by atoms with Crippen LogP contribution in [0.25, 0.3) is 0 Å². The largest absolute Gasteiger partial charge is 0.477 e. The van der Waals surface area contributed by atoms with Gasteiger partial charge >= 0.3 is 0 Å². The van der Waals surface area contributed by atoms with Gasteiger partial charge in [-0.1, -0.05) is 17.7 Å². The molecule has 0 aliphatic rings. The van der Waals surface area contributed by atoms with Crippen molar-refractivity contribution in [2.75, 3.05) is 6.61 Å². The van der Waals surface area contributed by atoms with Gasteiger partial charge in [0.05, 0.1) is 5.02 Å². The van der Waals surface area contributed by atoms with E-state index in [2.05, 4.69) is 0 Å². The maximum absolute atomic E-state index is 8.36. The van der Waals surface area contributed by atoms with Crippen LogP contribution in [0.2, 0.25) is 5.02 Å². The summed E-state index contributed by atoms with van der Waals surface area (Å²) in [6.07, 6.45) is 0.776. The number of rotatable bonds is 4. The third kappa shape index (κ3) is 3.78. The molecule has 0 saturated heterocycles. The first-order chi connectivity index (χ1) is 7.13. The molecule has 0 fully saturated rings. The topological polar surface area (TPSA) is 59.0 Å². The van der Waals surface area contributed by atoms with E-state index in [4.69, 9.17) is 27.3 Å². The number of ether oxygens (including phenoxy) is 1. The molecule has 1 rings (SSSR count). The molecule has 1 unspecified atom stereocenters. The fourth-order valence-electron chi connectivity index (χ4n) is 1.27. The van der Waals surface area contributed by atoms with Gasteiger partial charge < -0.3 is 10.5 Å². The smallest absolute Gasteiger partial charge is 0.174 e. The number of benzene rings is 1. The molecular formula is C11H13ClN2O. The molecule has 1 atom stereocenters. The quantitative estimate of drug-likeness (QED) is 0.853. The molecular weight excluding hydrogens is 212 g/mol. The van der Waals surface area contributed by atoms with Crippen LogP contribution in [0.15, 0.2) is 18.2 Å². The predicted molar refractivity (Wildman–Crippen MR) is 59.9 cm³/mol. The van der Waals surface area contributed by atoms with Crippen molar-refractivity contribution in [1.82, 2.24) is 0 Å². The van der Waals surface area contributed by atoms with E-state index in [9.17, 15) is 0 Å². The van der Waals surface area contributed by atoms with Gasteiger partial charge in [-0.25, -0.2) is 0 Å². The van der Waals surface area contributed by atoms with Crippen LogP contribution >= 0.6 is 11.6 Å². The molecule has 4 heteroatoms. The van der Waals surface area contributed by atoms with Gasteiger partial charge in [-0.3, -0.25) is 0 Å². The van der Waals surface area contributed by atoms with E-state index in [1.165, 1.54) is 0 Å². The Balaban J connectivity index is 2.75. The highest BCUT2D eigenvalue weighted by Gasteiger charge is 2.04. The van der Waals surface area contributed by atoms with Crippen LogP contribution in [0.5, 0.6) is 5.75 Å². The van der Waals surface area contributed by atoms with Gasteiger partial charge in [-0.15, -0.1) is 0 Å². The van der Waals surface area contributed by atoms with Crippen LogP contribution in [0, 0.1) is 11.3 Å². The summed E-state index contributed by atoms with van der Waals surface area (Å²) in [7, 11) is 0. The van der Waals surface area contributed by atoms with Gasteiger partial charge in [-0.2, -0.15) is 5.26 Å². The fraction of sp³-hybridized carbons (Fsp3) is 0.364. The Bertz CT molecular complexity index is 371. The van der Waals surface area contributed by atoms with Crippen LogP contribution < -0.4 is 10.5 Å². The lowest BCUT2D eigenvalue weighted by Crippen LogP contribution is -2.17. The van der Waals surface area contributed by atoms with Crippen LogP contribution in [0.3, 0.4) is 0 Å². The van der Waals surface area contributed by atoms with Crippen molar-refractivity contribution in [1.29, 1.82) is 5.26 Å². The lowest BCUT2D eigenvalue weighted by atomic mass is 10.1.